The van der Waals surface area contributed by atoms with Gasteiger partial charge in [0.2, 0.25) is 0 Å². The van der Waals surface area contributed by atoms with Crippen LogP contribution in [0.1, 0.15) is 24.1 Å². The summed E-state index contributed by atoms with van der Waals surface area (Å²) < 4.78 is 8.56. The van der Waals surface area contributed by atoms with E-state index >= 15 is 0 Å². The van der Waals surface area contributed by atoms with Gasteiger partial charge >= 0.3 is 7.79 Å². The Hall–Kier alpha value is -0.613. The molecule has 1 aromatic rings. The third kappa shape index (κ3) is 1.77. The molecule has 1 aliphatic heterocycles. The van der Waals surface area contributed by atoms with E-state index in [-0.39, 0.29) is 6.10 Å². The van der Waals surface area contributed by atoms with Crippen molar-refractivity contribution in [2.75, 3.05) is 7.05 Å². The molecule has 0 spiro atoms. The van der Waals surface area contributed by atoms with Crippen LogP contribution in [0.3, 0.4) is 0 Å². The lowest BCUT2D eigenvalue weighted by Gasteiger charge is -2.27. The van der Waals surface area contributed by atoms with Gasteiger partial charge in [-0.3, -0.25) is 4.57 Å². The largest absolute Gasteiger partial charge is 0.386 e. The number of hydrogen-bond donors (Lipinski definition) is 0. The predicted octanol–water partition coefficient (Wildman–Crippen LogP) is 3.37. The monoisotopic (exact) mass is 279 g/mol. The van der Waals surface area contributed by atoms with Crippen molar-refractivity contribution >= 4 is 18.9 Å². The molecule has 4 heteroatoms. The summed E-state index contributed by atoms with van der Waals surface area (Å²) in [4.78, 5) is 0. The third-order valence-electron chi connectivity index (χ3n) is 4.03. The molecule has 1 heterocycles. The standard InChI is InChI=1S/C14H18ClNOSi/c1-3-4-9-18(15)16(2)14-12-8-6-5-7-11(12)10-13(14)17-18/h3-8,13-14H,9-10H2,1-2H3/b4-3+/t13-,14?,18?/m1/s1. The Morgan fingerprint density at radius 3 is 3.06 bits per heavy atom. The van der Waals surface area contributed by atoms with E-state index < -0.39 is 7.79 Å². The number of halogens is 1. The van der Waals surface area contributed by atoms with Gasteiger partial charge in [0.1, 0.15) is 0 Å². The van der Waals surface area contributed by atoms with Crippen molar-refractivity contribution in [1.29, 1.82) is 0 Å². The lowest BCUT2D eigenvalue weighted by molar-refractivity contribution is 0.212. The molecular formula is C14H18ClNOSi. The van der Waals surface area contributed by atoms with Crippen LogP contribution in [0.25, 0.3) is 0 Å². The lowest BCUT2D eigenvalue weighted by Crippen LogP contribution is -2.43. The van der Waals surface area contributed by atoms with Crippen LogP contribution < -0.4 is 0 Å². The highest BCUT2D eigenvalue weighted by molar-refractivity contribution is 7.15. The summed E-state index contributed by atoms with van der Waals surface area (Å²) in [5.41, 5.74) is 2.82. The van der Waals surface area contributed by atoms with Gasteiger partial charge in [-0.1, -0.05) is 36.4 Å². The lowest BCUT2D eigenvalue weighted by atomic mass is 10.1. The van der Waals surface area contributed by atoms with E-state index in [1.54, 1.807) is 0 Å². The van der Waals surface area contributed by atoms with Crippen molar-refractivity contribution in [3.05, 3.63) is 47.5 Å². The number of benzene rings is 1. The molecule has 2 aliphatic rings. The zero-order valence-corrected chi connectivity index (χ0v) is 12.5. The molecule has 3 rings (SSSR count). The molecule has 3 atom stereocenters. The minimum absolute atomic E-state index is 0.252. The van der Waals surface area contributed by atoms with Gasteiger partial charge in [0.25, 0.3) is 0 Å². The first kappa shape index (κ1) is 12.4. The second kappa shape index (κ2) is 4.49. The maximum absolute atomic E-state index is 6.76. The van der Waals surface area contributed by atoms with Crippen LogP contribution in [-0.2, 0) is 10.8 Å². The van der Waals surface area contributed by atoms with Gasteiger partial charge in [-0.05, 0) is 31.5 Å². The fourth-order valence-corrected chi connectivity index (χ4v) is 6.48. The van der Waals surface area contributed by atoms with E-state index in [4.69, 9.17) is 15.5 Å². The zero-order valence-electron chi connectivity index (χ0n) is 10.8. The van der Waals surface area contributed by atoms with Crippen molar-refractivity contribution in [3.8, 4) is 0 Å². The quantitative estimate of drug-likeness (QED) is 0.468. The first-order valence-electron chi connectivity index (χ1n) is 6.44. The highest BCUT2D eigenvalue weighted by Crippen LogP contribution is 2.47. The predicted molar refractivity (Wildman–Crippen MR) is 76.8 cm³/mol. The topological polar surface area (TPSA) is 12.5 Å². The SMILES string of the molecule is C/C=C/C[Si]1(Cl)O[C@@H]2Cc3ccccc3C2N1C. The number of hydrogen-bond acceptors (Lipinski definition) is 2. The molecule has 2 unspecified atom stereocenters. The summed E-state index contributed by atoms with van der Waals surface area (Å²) in [6, 6.07) is 9.84. The van der Waals surface area contributed by atoms with Crippen molar-refractivity contribution in [2.24, 2.45) is 0 Å². The molecular weight excluding hydrogens is 262 g/mol. The van der Waals surface area contributed by atoms with Crippen LogP contribution in [0.4, 0.5) is 0 Å². The average Bonchev–Trinajstić information content (AvgIpc) is 2.83. The molecule has 1 saturated heterocycles. The Morgan fingerprint density at radius 1 is 1.50 bits per heavy atom. The van der Waals surface area contributed by atoms with Crippen molar-refractivity contribution < 1.29 is 4.43 Å². The molecule has 2 nitrogen and oxygen atoms in total. The maximum atomic E-state index is 6.76. The van der Waals surface area contributed by atoms with Gasteiger partial charge in [-0.2, -0.15) is 0 Å². The summed E-state index contributed by atoms with van der Waals surface area (Å²) in [5.74, 6) is 0. The van der Waals surface area contributed by atoms with Crippen molar-refractivity contribution in [2.45, 2.75) is 31.5 Å². The number of fused-ring (bicyclic) bond motifs is 3. The Labute approximate surface area is 114 Å². The highest BCUT2D eigenvalue weighted by atomic mass is 35.6. The molecule has 0 N–H and O–H groups in total. The van der Waals surface area contributed by atoms with E-state index in [0.717, 1.165) is 12.5 Å². The van der Waals surface area contributed by atoms with Gasteiger partial charge in [-0.25, -0.2) is 0 Å². The minimum atomic E-state index is -2.26. The van der Waals surface area contributed by atoms with Crippen LogP contribution in [0, 0.1) is 0 Å². The van der Waals surface area contributed by atoms with Crippen LogP contribution in [0.15, 0.2) is 36.4 Å². The zero-order chi connectivity index (χ0) is 12.8. The van der Waals surface area contributed by atoms with E-state index in [1.165, 1.54) is 11.1 Å². The summed E-state index contributed by atoms with van der Waals surface area (Å²) in [6.07, 6.45) is 5.43. The molecule has 1 aliphatic carbocycles. The van der Waals surface area contributed by atoms with Crippen LogP contribution >= 0.6 is 11.1 Å². The van der Waals surface area contributed by atoms with E-state index in [1.807, 2.05) is 6.92 Å². The second-order valence-corrected chi connectivity index (χ2v) is 9.58. The molecule has 0 aromatic heterocycles. The molecule has 1 aromatic carbocycles. The van der Waals surface area contributed by atoms with Gasteiger partial charge in [0.05, 0.1) is 12.1 Å². The van der Waals surface area contributed by atoms with Crippen LogP contribution in [-0.4, -0.2) is 25.5 Å². The number of allylic oxidation sites excluding steroid dienone is 2. The number of nitrogens with zero attached hydrogens (tertiary/aromatic N) is 1. The van der Waals surface area contributed by atoms with Gasteiger partial charge in [-0.15, -0.1) is 11.1 Å². The summed E-state index contributed by atoms with van der Waals surface area (Å²) in [6.45, 7) is 2.03. The van der Waals surface area contributed by atoms with Crippen LogP contribution in [0.5, 0.6) is 0 Å². The average molecular weight is 280 g/mol. The fourth-order valence-electron chi connectivity index (χ4n) is 3.08. The Bertz CT molecular complexity index is 492. The molecule has 0 radical (unpaired) electrons. The smallest absolute Gasteiger partial charge is 0.378 e. The summed E-state index contributed by atoms with van der Waals surface area (Å²) in [5, 5.41) is 0. The van der Waals surface area contributed by atoms with E-state index in [9.17, 15) is 0 Å². The molecule has 0 amide bonds. The first-order chi connectivity index (χ1) is 8.65. The van der Waals surface area contributed by atoms with Gasteiger partial charge < -0.3 is 4.43 Å². The molecule has 0 saturated carbocycles. The normalized spacial score (nSPS) is 35.1. The Balaban J connectivity index is 1.91. The first-order valence-corrected chi connectivity index (χ1v) is 9.52. The number of likely N-dealkylation sites (N-methyl/N-ethyl adjacent to an activating group) is 1. The van der Waals surface area contributed by atoms with Crippen molar-refractivity contribution in [3.63, 3.8) is 0 Å². The highest BCUT2D eigenvalue weighted by Gasteiger charge is 2.55. The van der Waals surface area contributed by atoms with Gasteiger partial charge in [0, 0.05) is 6.04 Å². The second-order valence-electron chi connectivity index (χ2n) is 5.08. The maximum Gasteiger partial charge on any atom is 0.378 e. The molecule has 18 heavy (non-hydrogen) atoms. The molecule has 0 bridgehead atoms. The minimum Gasteiger partial charge on any atom is -0.386 e. The van der Waals surface area contributed by atoms with Crippen LogP contribution in [0.2, 0.25) is 6.04 Å². The molecule has 1 fully saturated rings. The fraction of sp³-hybridized carbons (Fsp3) is 0.429. The van der Waals surface area contributed by atoms with Crippen molar-refractivity contribution in [1.82, 2.24) is 4.57 Å². The van der Waals surface area contributed by atoms with E-state index in [0.29, 0.717) is 6.04 Å². The third-order valence-corrected chi connectivity index (χ3v) is 8.29. The molecule has 96 valence electrons. The summed E-state index contributed by atoms with van der Waals surface area (Å²) in [7, 11) is -0.136. The Morgan fingerprint density at radius 2 is 2.28 bits per heavy atom. The number of rotatable bonds is 2. The van der Waals surface area contributed by atoms with Gasteiger partial charge in [0.15, 0.2) is 0 Å². The van der Waals surface area contributed by atoms with E-state index in [2.05, 4.69) is 48.0 Å². The summed E-state index contributed by atoms with van der Waals surface area (Å²) >= 11 is 6.76. The Kier molecular flexibility index (Phi) is 3.10.